The van der Waals surface area contributed by atoms with E-state index in [2.05, 4.69) is 34.2 Å². The average Bonchev–Trinajstić information content (AvgIpc) is 2.95. The van der Waals surface area contributed by atoms with Gasteiger partial charge in [0.1, 0.15) is 0 Å². The largest absolute Gasteiger partial charge is 0.308 e. The van der Waals surface area contributed by atoms with Crippen LogP contribution in [0.3, 0.4) is 0 Å². The molecule has 6 heteroatoms. The van der Waals surface area contributed by atoms with Gasteiger partial charge >= 0.3 is 0 Å². The topological polar surface area (TPSA) is 48.5 Å². The number of carbonyl (C=O) groups is 1. The summed E-state index contributed by atoms with van der Waals surface area (Å²) in [5, 5.41) is 3.73. The van der Waals surface area contributed by atoms with Gasteiger partial charge in [0.15, 0.2) is 5.13 Å². The van der Waals surface area contributed by atoms with Crippen LogP contribution in [-0.4, -0.2) is 61.0 Å². The number of rotatable bonds is 5. The third-order valence-electron chi connectivity index (χ3n) is 4.26. The number of nitrogens with zero attached hydrogens (tertiary/aromatic N) is 3. The lowest BCUT2D eigenvalue weighted by Gasteiger charge is -2.32. The van der Waals surface area contributed by atoms with Gasteiger partial charge in [0.05, 0.1) is 16.1 Å². The minimum Gasteiger partial charge on any atom is -0.308 e. The van der Waals surface area contributed by atoms with E-state index < -0.39 is 0 Å². The van der Waals surface area contributed by atoms with Crippen LogP contribution in [0.1, 0.15) is 12.8 Å². The van der Waals surface area contributed by atoms with Gasteiger partial charge in [0.2, 0.25) is 5.91 Å². The number of nitrogens with one attached hydrogen (secondary N) is 1. The van der Waals surface area contributed by atoms with Gasteiger partial charge in [0.25, 0.3) is 0 Å². The summed E-state index contributed by atoms with van der Waals surface area (Å²) in [5.74, 6) is 0.177. The SMILES string of the molecule is CN(C)CCN1CCCC(C(=O)Nc2nc3ccccc3s2)C1. The van der Waals surface area contributed by atoms with Gasteiger partial charge in [-0.1, -0.05) is 23.5 Å². The maximum absolute atomic E-state index is 12.5. The number of carbonyl (C=O) groups excluding carboxylic acids is 1. The molecule has 124 valence electrons. The molecule has 1 saturated heterocycles. The number of anilines is 1. The molecular weight excluding hydrogens is 308 g/mol. The first-order valence-corrected chi connectivity index (χ1v) is 8.97. The second-order valence-corrected chi connectivity index (χ2v) is 7.45. The molecule has 1 N–H and O–H groups in total. The highest BCUT2D eigenvalue weighted by molar-refractivity contribution is 7.22. The Hall–Kier alpha value is -1.50. The molecule has 2 aromatic rings. The zero-order valence-electron chi connectivity index (χ0n) is 13.8. The first kappa shape index (κ1) is 16.4. The van der Waals surface area contributed by atoms with Crippen molar-refractivity contribution in [3.8, 4) is 0 Å². The molecule has 0 saturated carbocycles. The number of hydrogen-bond donors (Lipinski definition) is 1. The number of likely N-dealkylation sites (tertiary alicyclic amines) is 1. The highest BCUT2D eigenvalue weighted by atomic mass is 32.1. The summed E-state index contributed by atoms with van der Waals surface area (Å²) in [7, 11) is 4.17. The first-order chi connectivity index (χ1) is 11.1. The van der Waals surface area contributed by atoms with Crippen LogP contribution in [-0.2, 0) is 4.79 Å². The molecule has 1 aromatic carbocycles. The lowest BCUT2D eigenvalue weighted by Crippen LogP contribution is -2.43. The zero-order chi connectivity index (χ0) is 16.2. The average molecular weight is 332 g/mol. The molecule has 1 unspecified atom stereocenters. The molecule has 5 nitrogen and oxygen atoms in total. The van der Waals surface area contributed by atoms with Gasteiger partial charge in [-0.3, -0.25) is 4.79 Å². The molecule has 1 amide bonds. The highest BCUT2D eigenvalue weighted by Crippen LogP contribution is 2.26. The fraction of sp³-hybridized carbons (Fsp3) is 0.529. The second-order valence-electron chi connectivity index (χ2n) is 6.42. The minimum atomic E-state index is 0.0675. The summed E-state index contributed by atoms with van der Waals surface area (Å²) in [6, 6.07) is 7.98. The number of aromatic nitrogens is 1. The van der Waals surface area contributed by atoms with Crippen LogP contribution < -0.4 is 5.32 Å². The number of likely N-dealkylation sites (N-methyl/N-ethyl adjacent to an activating group) is 1. The molecule has 1 aliphatic rings. The summed E-state index contributed by atoms with van der Waals surface area (Å²) in [5.41, 5.74) is 0.948. The number of thiazole rings is 1. The van der Waals surface area contributed by atoms with E-state index in [1.54, 1.807) is 11.3 Å². The van der Waals surface area contributed by atoms with Crippen LogP contribution in [0.15, 0.2) is 24.3 Å². The minimum absolute atomic E-state index is 0.0675. The smallest absolute Gasteiger partial charge is 0.230 e. The Kier molecular flexibility index (Phi) is 5.25. The van der Waals surface area contributed by atoms with Gasteiger partial charge in [-0.25, -0.2) is 4.98 Å². The van der Waals surface area contributed by atoms with E-state index in [1.165, 1.54) is 0 Å². The van der Waals surface area contributed by atoms with Crippen LogP contribution in [0.25, 0.3) is 10.2 Å². The van der Waals surface area contributed by atoms with Crippen molar-refractivity contribution < 1.29 is 4.79 Å². The molecule has 0 radical (unpaired) electrons. The zero-order valence-corrected chi connectivity index (χ0v) is 14.6. The molecular formula is C17H24N4OS. The Morgan fingerprint density at radius 1 is 1.43 bits per heavy atom. The number of amides is 1. The third-order valence-corrected chi connectivity index (χ3v) is 5.22. The van der Waals surface area contributed by atoms with E-state index in [-0.39, 0.29) is 11.8 Å². The van der Waals surface area contributed by atoms with Gasteiger partial charge in [-0.2, -0.15) is 0 Å². The number of fused-ring (bicyclic) bond motifs is 1. The van der Waals surface area contributed by atoms with Crippen molar-refractivity contribution in [3.63, 3.8) is 0 Å². The van der Waals surface area contributed by atoms with E-state index >= 15 is 0 Å². The van der Waals surface area contributed by atoms with Crippen molar-refractivity contribution in [2.75, 3.05) is 45.6 Å². The quantitative estimate of drug-likeness (QED) is 0.914. The van der Waals surface area contributed by atoms with E-state index in [0.717, 1.165) is 49.2 Å². The van der Waals surface area contributed by atoms with Crippen molar-refractivity contribution >= 4 is 32.6 Å². The van der Waals surface area contributed by atoms with Gasteiger partial charge in [-0.15, -0.1) is 0 Å². The molecule has 2 heterocycles. The Labute approximate surface area is 141 Å². The summed E-state index contributed by atoms with van der Waals surface area (Å²) in [6.07, 6.45) is 2.06. The van der Waals surface area contributed by atoms with Gasteiger partial charge in [0, 0.05) is 19.6 Å². The Morgan fingerprint density at radius 2 is 2.26 bits per heavy atom. The van der Waals surface area contributed by atoms with E-state index in [4.69, 9.17) is 0 Å². The number of benzene rings is 1. The van der Waals surface area contributed by atoms with E-state index in [9.17, 15) is 4.79 Å². The molecule has 1 aromatic heterocycles. The fourth-order valence-electron chi connectivity index (χ4n) is 2.95. The number of para-hydroxylation sites is 1. The van der Waals surface area contributed by atoms with Crippen molar-refractivity contribution in [3.05, 3.63) is 24.3 Å². The van der Waals surface area contributed by atoms with Crippen LogP contribution >= 0.6 is 11.3 Å². The summed E-state index contributed by atoms with van der Waals surface area (Å²) in [4.78, 5) is 21.6. The normalized spacial score (nSPS) is 19.3. The molecule has 1 aliphatic heterocycles. The Morgan fingerprint density at radius 3 is 3.04 bits per heavy atom. The van der Waals surface area contributed by atoms with Crippen LogP contribution in [0.4, 0.5) is 5.13 Å². The molecule has 3 rings (SSSR count). The maximum atomic E-state index is 12.5. The van der Waals surface area contributed by atoms with Crippen LogP contribution in [0, 0.1) is 5.92 Å². The maximum Gasteiger partial charge on any atom is 0.230 e. The monoisotopic (exact) mass is 332 g/mol. The number of hydrogen-bond acceptors (Lipinski definition) is 5. The van der Waals surface area contributed by atoms with Crippen molar-refractivity contribution in [1.29, 1.82) is 0 Å². The lowest BCUT2D eigenvalue weighted by molar-refractivity contribution is -0.121. The van der Waals surface area contributed by atoms with Crippen molar-refractivity contribution in [1.82, 2.24) is 14.8 Å². The third kappa shape index (κ3) is 4.28. The van der Waals surface area contributed by atoms with Crippen molar-refractivity contribution in [2.24, 2.45) is 5.92 Å². The van der Waals surface area contributed by atoms with E-state index in [0.29, 0.717) is 5.13 Å². The predicted molar refractivity (Wildman–Crippen MR) is 96.0 cm³/mol. The Balaban J connectivity index is 1.58. The highest BCUT2D eigenvalue weighted by Gasteiger charge is 2.26. The summed E-state index contributed by atoms with van der Waals surface area (Å²) >= 11 is 1.54. The molecule has 23 heavy (non-hydrogen) atoms. The molecule has 0 bridgehead atoms. The summed E-state index contributed by atoms with van der Waals surface area (Å²) < 4.78 is 1.11. The molecule has 0 aliphatic carbocycles. The second kappa shape index (κ2) is 7.38. The van der Waals surface area contributed by atoms with E-state index in [1.807, 2.05) is 24.3 Å². The molecule has 0 spiro atoms. The molecule has 1 fully saturated rings. The first-order valence-electron chi connectivity index (χ1n) is 8.15. The van der Waals surface area contributed by atoms with Crippen LogP contribution in [0.5, 0.6) is 0 Å². The lowest BCUT2D eigenvalue weighted by atomic mass is 9.97. The number of piperidine rings is 1. The van der Waals surface area contributed by atoms with Crippen molar-refractivity contribution in [2.45, 2.75) is 12.8 Å². The summed E-state index contributed by atoms with van der Waals surface area (Å²) in [6.45, 7) is 4.01. The van der Waals surface area contributed by atoms with Crippen LogP contribution in [0.2, 0.25) is 0 Å². The fourth-order valence-corrected chi connectivity index (χ4v) is 3.82. The Bertz CT molecular complexity index is 636. The molecule has 1 atom stereocenters. The van der Waals surface area contributed by atoms with Gasteiger partial charge in [-0.05, 0) is 45.6 Å². The van der Waals surface area contributed by atoms with Gasteiger partial charge < -0.3 is 15.1 Å². The standard InChI is InChI=1S/C17H24N4OS/c1-20(2)10-11-21-9-5-6-13(12-21)16(22)19-17-18-14-7-3-4-8-15(14)23-17/h3-4,7-8,13H,5-6,9-12H2,1-2H3,(H,18,19,22). The predicted octanol–water partition coefficient (Wildman–Crippen LogP) is 2.51.